The molecular formula is C18H14BrFN6O. The molecule has 1 aromatic carbocycles. The summed E-state index contributed by atoms with van der Waals surface area (Å²) in [4.78, 5) is 13.1. The summed E-state index contributed by atoms with van der Waals surface area (Å²) in [7, 11) is 0. The van der Waals surface area contributed by atoms with E-state index in [1.165, 1.54) is 6.07 Å². The number of rotatable bonds is 3. The van der Waals surface area contributed by atoms with Crippen molar-refractivity contribution in [3.05, 3.63) is 47.1 Å². The molecule has 0 saturated carbocycles. The second-order valence-corrected chi connectivity index (χ2v) is 7.09. The van der Waals surface area contributed by atoms with E-state index in [1.807, 2.05) is 12.1 Å². The Morgan fingerprint density at radius 1 is 1.30 bits per heavy atom. The molecule has 0 spiro atoms. The molecule has 1 atom stereocenters. The number of pyridine rings is 1. The van der Waals surface area contributed by atoms with Crippen LogP contribution in [-0.4, -0.2) is 44.0 Å². The van der Waals surface area contributed by atoms with E-state index in [1.54, 1.807) is 23.1 Å². The SMILES string of the molecule is Fc1cc(-n2nc(Br)c3cnc(N[C@H]4CCOC4)nc32)cc2cccnc12. The third kappa shape index (κ3) is 2.92. The van der Waals surface area contributed by atoms with Gasteiger partial charge < -0.3 is 10.1 Å². The van der Waals surface area contributed by atoms with E-state index in [0.29, 0.717) is 39.4 Å². The molecule has 0 bridgehead atoms. The van der Waals surface area contributed by atoms with Crippen molar-refractivity contribution in [3.8, 4) is 5.69 Å². The number of aromatic nitrogens is 5. The summed E-state index contributed by atoms with van der Waals surface area (Å²) in [6.07, 6.45) is 4.18. The van der Waals surface area contributed by atoms with Crippen LogP contribution >= 0.6 is 15.9 Å². The van der Waals surface area contributed by atoms with Crippen molar-refractivity contribution in [2.45, 2.75) is 12.5 Å². The summed E-state index contributed by atoms with van der Waals surface area (Å²) in [6, 6.07) is 7.03. The molecule has 1 aliphatic rings. The first-order valence-electron chi connectivity index (χ1n) is 8.49. The topological polar surface area (TPSA) is 77.8 Å². The Hall–Kier alpha value is -2.65. The van der Waals surface area contributed by atoms with Crippen LogP contribution in [0.15, 0.2) is 41.3 Å². The summed E-state index contributed by atoms with van der Waals surface area (Å²) < 4.78 is 22.1. The summed E-state index contributed by atoms with van der Waals surface area (Å²) in [5.41, 5.74) is 1.48. The van der Waals surface area contributed by atoms with E-state index in [9.17, 15) is 4.39 Å². The zero-order valence-electron chi connectivity index (χ0n) is 14.1. The van der Waals surface area contributed by atoms with Gasteiger partial charge in [0.15, 0.2) is 11.5 Å². The van der Waals surface area contributed by atoms with Gasteiger partial charge >= 0.3 is 0 Å². The normalized spacial score (nSPS) is 17.0. The van der Waals surface area contributed by atoms with E-state index >= 15 is 0 Å². The lowest BCUT2D eigenvalue weighted by atomic mass is 10.2. The fraction of sp³-hybridized carbons (Fsp3) is 0.222. The van der Waals surface area contributed by atoms with Gasteiger partial charge in [0.1, 0.15) is 10.1 Å². The van der Waals surface area contributed by atoms with E-state index in [4.69, 9.17) is 4.74 Å². The standard InChI is InChI=1S/C18H14BrFN6O/c19-16-13-8-22-18(23-11-3-5-27-9-11)24-17(13)26(25-16)12-6-10-2-1-4-21-15(10)14(20)7-12/h1-2,4,6-8,11H,3,5,9H2,(H,22,23,24)/t11-/m0/s1. The van der Waals surface area contributed by atoms with Gasteiger partial charge in [0.05, 0.1) is 23.7 Å². The predicted molar refractivity (Wildman–Crippen MR) is 102 cm³/mol. The lowest BCUT2D eigenvalue weighted by Crippen LogP contribution is -2.20. The highest BCUT2D eigenvalue weighted by Crippen LogP contribution is 2.27. The van der Waals surface area contributed by atoms with Crippen LogP contribution < -0.4 is 5.32 Å². The van der Waals surface area contributed by atoms with Gasteiger partial charge in [0.2, 0.25) is 5.95 Å². The second-order valence-electron chi connectivity index (χ2n) is 6.34. The Kier molecular flexibility index (Phi) is 3.98. The van der Waals surface area contributed by atoms with Crippen LogP contribution in [0.4, 0.5) is 10.3 Å². The first kappa shape index (κ1) is 16.5. The predicted octanol–water partition coefficient (Wildman–Crippen LogP) is 3.47. The van der Waals surface area contributed by atoms with Crippen LogP contribution in [0.1, 0.15) is 6.42 Å². The molecule has 0 amide bonds. The molecular weight excluding hydrogens is 415 g/mol. The van der Waals surface area contributed by atoms with Gasteiger partial charge in [-0.2, -0.15) is 10.1 Å². The molecule has 0 radical (unpaired) electrons. The van der Waals surface area contributed by atoms with Crippen molar-refractivity contribution in [1.82, 2.24) is 24.7 Å². The fourth-order valence-corrected chi connectivity index (χ4v) is 3.64. The Bertz CT molecular complexity index is 1160. The van der Waals surface area contributed by atoms with Crippen molar-refractivity contribution in [1.29, 1.82) is 0 Å². The number of halogens is 2. The minimum absolute atomic E-state index is 0.187. The molecule has 1 fully saturated rings. The molecule has 0 unspecified atom stereocenters. The number of hydrogen-bond acceptors (Lipinski definition) is 6. The largest absolute Gasteiger partial charge is 0.379 e. The fourth-order valence-electron chi connectivity index (χ4n) is 3.20. The quantitative estimate of drug-likeness (QED) is 0.538. The van der Waals surface area contributed by atoms with Crippen LogP contribution in [0, 0.1) is 5.82 Å². The molecule has 7 nitrogen and oxygen atoms in total. The second kappa shape index (κ2) is 6.50. The van der Waals surface area contributed by atoms with Crippen molar-refractivity contribution in [2.24, 2.45) is 0 Å². The number of nitrogens with zero attached hydrogens (tertiary/aromatic N) is 5. The van der Waals surface area contributed by atoms with Gasteiger partial charge in [-0.3, -0.25) is 4.98 Å². The Balaban J connectivity index is 1.64. The minimum Gasteiger partial charge on any atom is -0.379 e. The van der Waals surface area contributed by atoms with Gasteiger partial charge in [-0.25, -0.2) is 14.1 Å². The maximum absolute atomic E-state index is 14.5. The number of benzene rings is 1. The molecule has 0 aliphatic carbocycles. The maximum atomic E-state index is 14.5. The first-order chi connectivity index (χ1) is 13.2. The first-order valence-corrected chi connectivity index (χ1v) is 9.28. The Labute approximate surface area is 161 Å². The lowest BCUT2D eigenvalue weighted by Gasteiger charge is -2.10. The third-order valence-electron chi connectivity index (χ3n) is 4.53. The van der Waals surface area contributed by atoms with Crippen LogP contribution in [0.25, 0.3) is 27.6 Å². The monoisotopic (exact) mass is 428 g/mol. The Morgan fingerprint density at radius 3 is 3.07 bits per heavy atom. The summed E-state index contributed by atoms with van der Waals surface area (Å²) in [5, 5.41) is 9.19. The van der Waals surface area contributed by atoms with Gasteiger partial charge in [0.25, 0.3) is 0 Å². The van der Waals surface area contributed by atoms with Gasteiger partial charge in [-0.15, -0.1) is 0 Å². The molecule has 4 aromatic rings. The van der Waals surface area contributed by atoms with Crippen molar-refractivity contribution >= 4 is 43.8 Å². The van der Waals surface area contributed by atoms with Gasteiger partial charge in [-0.1, -0.05) is 6.07 Å². The smallest absolute Gasteiger partial charge is 0.225 e. The molecule has 1 saturated heterocycles. The average Bonchev–Trinajstić information content (AvgIpc) is 3.30. The average molecular weight is 429 g/mol. The zero-order chi connectivity index (χ0) is 18.4. The Morgan fingerprint density at radius 2 is 2.22 bits per heavy atom. The summed E-state index contributed by atoms with van der Waals surface area (Å²) >= 11 is 3.44. The maximum Gasteiger partial charge on any atom is 0.225 e. The molecule has 1 N–H and O–H groups in total. The highest BCUT2D eigenvalue weighted by atomic mass is 79.9. The third-order valence-corrected chi connectivity index (χ3v) is 5.12. The molecule has 1 aliphatic heterocycles. The molecule has 3 aromatic heterocycles. The van der Waals surface area contributed by atoms with Crippen LogP contribution in [0.5, 0.6) is 0 Å². The van der Waals surface area contributed by atoms with Crippen LogP contribution in [-0.2, 0) is 4.74 Å². The number of ether oxygens (including phenoxy) is 1. The highest BCUT2D eigenvalue weighted by Gasteiger charge is 2.19. The molecule has 9 heteroatoms. The lowest BCUT2D eigenvalue weighted by molar-refractivity contribution is 0.195. The number of nitrogens with one attached hydrogen (secondary N) is 1. The van der Waals surface area contributed by atoms with Gasteiger partial charge in [-0.05, 0) is 34.5 Å². The van der Waals surface area contributed by atoms with E-state index < -0.39 is 5.82 Å². The van der Waals surface area contributed by atoms with Gasteiger partial charge in [0, 0.05) is 30.5 Å². The molecule has 27 heavy (non-hydrogen) atoms. The summed E-state index contributed by atoms with van der Waals surface area (Å²) in [6.45, 7) is 1.36. The van der Waals surface area contributed by atoms with E-state index in [-0.39, 0.29) is 6.04 Å². The number of anilines is 1. The molecule has 136 valence electrons. The van der Waals surface area contributed by atoms with E-state index in [2.05, 4.69) is 41.3 Å². The molecule has 5 rings (SSSR count). The van der Waals surface area contributed by atoms with Crippen molar-refractivity contribution < 1.29 is 9.13 Å². The minimum atomic E-state index is -0.404. The zero-order valence-corrected chi connectivity index (χ0v) is 15.6. The highest BCUT2D eigenvalue weighted by molar-refractivity contribution is 9.10. The van der Waals surface area contributed by atoms with Crippen LogP contribution in [0.3, 0.4) is 0 Å². The number of fused-ring (bicyclic) bond motifs is 2. The molecule has 4 heterocycles. The van der Waals surface area contributed by atoms with Crippen LogP contribution in [0.2, 0.25) is 0 Å². The van der Waals surface area contributed by atoms with E-state index in [0.717, 1.165) is 18.4 Å². The summed E-state index contributed by atoms with van der Waals surface area (Å²) in [5.74, 6) is 0.0907. The van der Waals surface area contributed by atoms with Crippen molar-refractivity contribution in [3.63, 3.8) is 0 Å². The van der Waals surface area contributed by atoms with Crippen molar-refractivity contribution in [2.75, 3.05) is 18.5 Å². The number of hydrogen-bond donors (Lipinski definition) is 1.